The summed E-state index contributed by atoms with van der Waals surface area (Å²) >= 11 is 6.12. The minimum absolute atomic E-state index is 0.000469. The van der Waals surface area contributed by atoms with E-state index >= 15 is 0 Å². The van der Waals surface area contributed by atoms with Crippen LogP contribution in [0.3, 0.4) is 0 Å². The van der Waals surface area contributed by atoms with Crippen LogP contribution in [0.15, 0.2) is 77.8 Å². The average molecular weight is 391 g/mol. The first kappa shape index (κ1) is 18.3. The van der Waals surface area contributed by atoms with E-state index in [1.807, 2.05) is 72.8 Å². The zero-order valence-corrected chi connectivity index (χ0v) is 16.2. The van der Waals surface area contributed by atoms with Gasteiger partial charge in [-0.15, -0.1) is 0 Å². The molecule has 0 aromatic heterocycles. The maximum atomic E-state index is 13.2. The van der Waals surface area contributed by atoms with Gasteiger partial charge < -0.3 is 9.64 Å². The van der Waals surface area contributed by atoms with Crippen LogP contribution in [0.4, 0.5) is 11.4 Å². The molecule has 28 heavy (non-hydrogen) atoms. The van der Waals surface area contributed by atoms with Gasteiger partial charge in [0.15, 0.2) is 0 Å². The summed E-state index contributed by atoms with van der Waals surface area (Å²) in [5.74, 6) is 0.770. The van der Waals surface area contributed by atoms with Crippen LogP contribution in [0, 0.1) is 0 Å². The Morgan fingerprint density at radius 3 is 2.57 bits per heavy atom. The monoisotopic (exact) mass is 390 g/mol. The number of benzene rings is 3. The van der Waals surface area contributed by atoms with Gasteiger partial charge >= 0.3 is 0 Å². The van der Waals surface area contributed by atoms with Crippen molar-refractivity contribution in [2.24, 2.45) is 4.99 Å². The number of hydrogen-bond acceptors (Lipinski definition) is 3. The molecule has 0 atom stereocenters. The van der Waals surface area contributed by atoms with Gasteiger partial charge in [0.25, 0.3) is 0 Å². The molecule has 0 fully saturated rings. The maximum Gasteiger partial charge on any atom is 0.233 e. The van der Waals surface area contributed by atoms with Gasteiger partial charge in [0.2, 0.25) is 5.91 Å². The molecule has 5 heteroatoms. The van der Waals surface area contributed by atoms with Gasteiger partial charge in [-0.05, 0) is 59.7 Å². The zero-order valence-electron chi connectivity index (χ0n) is 15.4. The third kappa shape index (κ3) is 3.78. The molecular weight excluding hydrogens is 372 g/mol. The predicted molar refractivity (Wildman–Crippen MR) is 113 cm³/mol. The summed E-state index contributed by atoms with van der Waals surface area (Å²) in [6, 6.07) is 22.9. The Kier molecular flexibility index (Phi) is 5.13. The number of fused-ring (bicyclic) bond motifs is 1. The molecule has 4 nitrogen and oxygen atoms in total. The number of ether oxygens (including phenoxy) is 1. The Morgan fingerprint density at radius 2 is 1.82 bits per heavy atom. The summed E-state index contributed by atoms with van der Waals surface area (Å²) < 4.78 is 5.23. The van der Waals surface area contributed by atoms with Crippen molar-refractivity contribution in [2.45, 2.75) is 13.0 Å². The van der Waals surface area contributed by atoms with Gasteiger partial charge in [-0.25, -0.2) is 0 Å². The number of aliphatic imine (C=N–C) groups is 1. The highest BCUT2D eigenvalue weighted by Crippen LogP contribution is 2.34. The zero-order chi connectivity index (χ0) is 19.5. The lowest BCUT2D eigenvalue weighted by Gasteiger charge is -2.22. The van der Waals surface area contributed by atoms with Crippen molar-refractivity contribution in [1.82, 2.24) is 0 Å². The summed E-state index contributed by atoms with van der Waals surface area (Å²) in [6.45, 7) is 0.446. The molecule has 1 aliphatic rings. The lowest BCUT2D eigenvalue weighted by Crippen LogP contribution is -2.31. The third-order valence-corrected chi connectivity index (χ3v) is 4.94. The van der Waals surface area contributed by atoms with Crippen LogP contribution in [0.25, 0.3) is 0 Å². The fraction of sp³-hybridized carbons (Fsp3) is 0.130. The molecule has 0 N–H and O–H groups in total. The van der Waals surface area contributed by atoms with E-state index in [1.54, 1.807) is 12.0 Å². The smallest absolute Gasteiger partial charge is 0.233 e. The van der Waals surface area contributed by atoms with Crippen molar-refractivity contribution in [1.29, 1.82) is 0 Å². The van der Waals surface area contributed by atoms with E-state index in [2.05, 4.69) is 0 Å². The van der Waals surface area contributed by atoms with Crippen LogP contribution in [-0.2, 0) is 11.3 Å². The summed E-state index contributed by atoms with van der Waals surface area (Å²) in [4.78, 5) is 19.8. The number of halogens is 1. The van der Waals surface area contributed by atoms with Gasteiger partial charge in [0.1, 0.15) is 5.75 Å². The molecule has 0 radical (unpaired) electrons. The minimum Gasteiger partial charge on any atom is -0.497 e. The number of carbonyl (C=O) groups excluding carboxylic acids is 1. The first-order valence-corrected chi connectivity index (χ1v) is 9.37. The highest BCUT2D eigenvalue weighted by Gasteiger charge is 2.25. The standard InChI is InChI=1S/C23H19ClN2O2/c1-28-19-11-9-17(10-12-19)21-14-23(27)26(15-16-5-4-6-18(24)13-16)22-8-3-2-7-20(22)25-21/h2-13H,14-15H2,1H3. The Morgan fingerprint density at radius 1 is 1.04 bits per heavy atom. The molecule has 140 valence electrons. The van der Waals surface area contributed by atoms with E-state index in [4.69, 9.17) is 21.3 Å². The van der Waals surface area contributed by atoms with Crippen LogP contribution in [0.2, 0.25) is 5.02 Å². The number of anilines is 1. The molecule has 3 aromatic rings. The van der Waals surface area contributed by atoms with E-state index in [-0.39, 0.29) is 12.3 Å². The summed E-state index contributed by atoms with van der Waals surface area (Å²) in [7, 11) is 1.63. The Labute approximate surface area is 169 Å². The molecule has 0 aliphatic carbocycles. The predicted octanol–water partition coefficient (Wildman–Crippen LogP) is 5.41. The Hall–Kier alpha value is -3.11. The van der Waals surface area contributed by atoms with E-state index in [0.717, 1.165) is 34.0 Å². The quantitative estimate of drug-likeness (QED) is 0.598. The average Bonchev–Trinajstić information content (AvgIpc) is 2.85. The topological polar surface area (TPSA) is 41.9 Å². The number of nitrogens with zero attached hydrogens (tertiary/aromatic N) is 2. The van der Waals surface area contributed by atoms with Crippen molar-refractivity contribution >= 4 is 34.6 Å². The number of amides is 1. The van der Waals surface area contributed by atoms with Gasteiger partial charge in [-0.1, -0.05) is 35.9 Å². The van der Waals surface area contributed by atoms with Gasteiger partial charge in [-0.3, -0.25) is 9.79 Å². The second-order valence-electron chi connectivity index (χ2n) is 6.56. The largest absolute Gasteiger partial charge is 0.497 e. The fourth-order valence-corrected chi connectivity index (χ4v) is 3.50. The van der Waals surface area contributed by atoms with E-state index in [1.165, 1.54) is 0 Å². The van der Waals surface area contributed by atoms with Crippen LogP contribution in [-0.4, -0.2) is 18.7 Å². The molecule has 0 saturated heterocycles. The maximum absolute atomic E-state index is 13.2. The normalized spacial score (nSPS) is 13.6. The van der Waals surface area contributed by atoms with E-state index in [0.29, 0.717) is 11.6 Å². The Balaban J connectivity index is 1.71. The van der Waals surface area contributed by atoms with Crippen LogP contribution >= 0.6 is 11.6 Å². The van der Waals surface area contributed by atoms with Crippen LogP contribution < -0.4 is 9.64 Å². The molecule has 0 bridgehead atoms. The molecule has 0 saturated carbocycles. The van der Waals surface area contributed by atoms with E-state index < -0.39 is 0 Å². The van der Waals surface area contributed by atoms with Crippen LogP contribution in [0.5, 0.6) is 5.75 Å². The molecule has 1 heterocycles. The van der Waals surface area contributed by atoms with Crippen molar-refractivity contribution in [3.8, 4) is 5.75 Å². The fourth-order valence-electron chi connectivity index (χ4n) is 3.29. The lowest BCUT2D eigenvalue weighted by atomic mass is 10.1. The first-order valence-electron chi connectivity index (χ1n) is 9.00. The van der Waals surface area contributed by atoms with E-state index in [9.17, 15) is 4.79 Å². The molecule has 1 aliphatic heterocycles. The number of para-hydroxylation sites is 2. The highest BCUT2D eigenvalue weighted by molar-refractivity contribution is 6.30. The third-order valence-electron chi connectivity index (χ3n) is 4.70. The Bertz CT molecular complexity index is 1040. The number of carbonyl (C=O) groups is 1. The van der Waals surface area contributed by atoms with Crippen molar-refractivity contribution in [3.05, 3.63) is 88.9 Å². The lowest BCUT2D eigenvalue weighted by molar-refractivity contribution is -0.117. The number of rotatable bonds is 4. The minimum atomic E-state index is -0.000469. The molecular formula is C23H19ClN2O2. The number of methoxy groups -OCH3 is 1. The van der Waals surface area contributed by atoms with Gasteiger partial charge in [0.05, 0.1) is 37.2 Å². The molecule has 3 aromatic carbocycles. The van der Waals surface area contributed by atoms with Crippen LogP contribution in [0.1, 0.15) is 17.5 Å². The van der Waals surface area contributed by atoms with Crippen molar-refractivity contribution in [3.63, 3.8) is 0 Å². The SMILES string of the molecule is COc1ccc(C2=Nc3ccccc3N(Cc3cccc(Cl)c3)C(=O)C2)cc1. The van der Waals surface area contributed by atoms with Gasteiger partial charge in [0, 0.05) is 5.02 Å². The summed E-state index contributed by atoms with van der Waals surface area (Å²) in [5, 5.41) is 0.656. The summed E-state index contributed by atoms with van der Waals surface area (Å²) in [6.07, 6.45) is 0.224. The molecule has 4 rings (SSSR count). The first-order chi connectivity index (χ1) is 13.6. The van der Waals surface area contributed by atoms with Crippen molar-refractivity contribution < 1.29 is 9.53 Å². The highest BCUT2D eigenvalue weighted by atomic mass is 35.5. The van der Waals surface area contributed by atoms with Crippen molar-refractivity contribution in [2.75, 3.05) is 12.0 Å². The molecule has 1 amide bonds. The molecule has 0 spiro atoms. The van der Waals surface area contributed by atoms with Gasteiger partial charge in [-0.2, -0.15) is 0 Å². The second-order valence-corrected chi connectivity index (χ2v) is 7.00. The number of hydrogen-bond donors (Lipinski definition) is 0. The molecule has 0 unspecified atom stereocenters. The summed E-state index contributed by atoms with van der Waals surface area (Å²) in [5.41, 5.74) is 4.21. The second kappa shape index (κ2) is 7.87.